The first kappa shape index (κ1) is 15.2. The maximum absolute atomic E-state index is 10.1. The number of hydrogen-bond acceptors (Lipinski definition) is 3. The molecule has 23 heavy (non-hydrogen) atoms. The number of aromatic hydroxyl groups is 1. The van der Waals surface area contributed by atoms with E-state index < -0.39 is 0 Å². The lowest BCUT2D eigenvalue weighted by atomic mass is 10.1. The van der Waals surface area contributed by atoms with Gasteiger partial charge in [-0.05, 0) is 42.0 Å². The number of phenolic OH excluding ortho intramolecular Hbond substituents is 1. The van der Waals surface area contributed by atoms with E-state index in [1.54, 1.807) is 6.07 Å². The smallest absolute Gasteiger partial charge is 0.143 e. The quantitative estimate of drug-likeness (QED) is 0.552. The van der Waals surface area contributed by atoms with Crippen LogP contribution in [0.4, 0.5) is 11.4 Å². The van der Waals surface area contributed by atoms with E-state index in [4.69, 9.17) is 0 Å². The van der Waals surface area contributed by atoms with Crippen LogP contribution in [0, 0.1) is 0 Å². The van der Waals surface area contributed by atoms with Crippen LogP contribution < -0.4 is 0 Å². The van der Waals surface area contributed by atoms with E-state index in [9.17, 15) is 5.11 Å². The summed E-state index contributed by atoms with van der Waals surface area (Å²) in [5, 5.41) is 20.6. The molecule has 0 saturated carbocycles. The molecule has 3 rings (SSSR count). The van der Waals surface area contributed by atoms with Crippen molar-refractivity contribution in [3.05, 3.63) is 66.2 Å². The fourth-order valence-corrected chi connectivity index (χ4v) is 2.57. The Morgan fingerprint density at radius 1 is 0.870 bits per heavy atom. The number of rotatable bonds is 5. The van der Waals surface area contributed by atoms with E-state index in [1.165, 1.54) is 18.4 Å². The van der Waals surface area contributed by atoms with E-state index in [0.29, 0.717) is 5.69 Å². The van der Waals surface area contributed by atoms with Crippen LogP contribution in [0.3, 0.4) is 0 Å². The van der Waals surface area contributed by atoms with Crippen LogP contribution in [0.25, 0.3) is 10.8 Å². The second-order valence-corrected chi connectivity index (χ2v) is 5.62. The van der Waals surface area contributed by atoms with E-state index in [-0.39, 0.29) is 5.75 Å². The highest BCUT2D eigenvalue weighted by atomic mass is 16.3. The maximum Gasteiger partial charge on any atom is 0.143 e. The summed E-state index contributed by atoms with van der Waals surface area (Å²) < 4.78 is 0. The fourth-order valence-electron chi connectivity index (χ4n) is 2.57. The monoisotopic (exact) mass is 304 g/mol. The van der Waals surface area contributed by atoms with Crippen molar-refractivity contribution in [3.63, 3.8) is 0 Å². The lowest BCUT2D eigenvalue weighted by Gasteiger charge is -2.04. The molecule has 0 saturated heterocycles. The van der Waals surface area contributed by atoms with E-state index in [0.717, 1.165) is 22.9 Å². The molecule has 0 bridgehead atoms. The van der Waals surface area contributed by atoms with E-state index in [1.807, 2.05) is 42.5 Å². The maximum atomic E-state index is 10.1. The van der Waals surface area contributed by atoms with E-state index in [2.05, 4.69) is 29.3 Å². The summed E-state index contributed by atoms with van der Waals surface area (Å²) in [5.74, 6) is 0.145. The highest BCUT2D eigenvalue weighted by molar-refractivity contribution is 5.95. The normalized spacial score (nSPS) is 11.3. The van der Waals surface area contributed by atoms with Crippen LogP contribution in [0.5, 0.6) is 5.75 Å². The third-order valence-corrected chi connectivity index (χ3v) is 3.90. The van der Waals surface area contributed by atoms with Gasteiger partial charge in [-0.2, -0.15) is 5.11 Å². The SMILES string of the molecule is CCCCc1ccc(N=Nc2c(O)ccc3ccccc23)cc1. The average Bonchev–Trinajstić information content (AvgIpc) is 2.60. The highest BCUT2D eigenvalue weighted by Crippen LogP contribution is 2.35. The van der Waals surface area contributed by atoms with Gasteiger partial charge in [0.15, 0.2) is 0 Å². The number of unbranched alkanes of at least 4 members (excludes halogenated alkanes) is 1. The Kier molecular flexibility index (Phi) is 4.67. The van der Waals surface area contributed by atoms with Crippen molar-refractivity contribution in [1.29, 1.82) is 0 Å². The molecule has 0 spiro atoms. The number of fused-ring (bicyclic) bond motifs is 1. The number of nitrogens with zero attached hydrogens (tertiary/aromatic N) is 2. The molecule has 116 valence electrons. The van der Waals surface area contributed by atoms with Crippen molar-refractivity contribution in [2.45, 2.75) is 26.2 Å². The Labute approximate surface area is 136 Å². The van der Waals surface area contributed by atoms with Gasteiger partial charge in [0.25, 0.3) is 0 Å². The molecule has 3 aromatic rings. The second-order valence-electron chi connectivity index (χ2n) is 5.62. The van der Waals surface area contributed by atoms with Crippen molar-refractivity contribution in [1.82, 2.24) is 0 Å². The van der Waals surface area contributed by atoms with Gasteiger partial charge in [0, 0.05) is 5.39 Å². The molecule has 0 unspecified atom stereocenters. The molecule has 3 aromatic carbocycles. The Bertz CT molecular complexity index is 823. The Hall–Kier alpha value is -2.68. The predicted molar refractivity (Wildman–Crippen MR) is 94.8 cm³/mol. The number of benzene rings is 3. The lowest BCUT2D eigenvalue weighted by molar-refractivity contribution is 0.477. The van der Waals surface area contributed by atoms with E-state index >= 15 is 0 Å². The van der Waals surface area contributed by atoms with Crippen molar-refractivity contribution in [3.8, 4) is 5.75 Å². The third kappa shape index (κ3) is 3.57. The number of azo groups is 1. The summed E-state index contributed by atoms with van der Waals surface area (Å²) in [6.45, 7) is 2.19. The van der Waals surface area contributed by atoms with Gasteiger partial charge in [-0.25, -0.2) is 0 Å². The summed E-state index contributed by atoms with van der Waals surface area (Å²) in [6.07, 6.45) is 3.49. The molecule has 1 N–H and O–H groups in total. The number of hydrogen-bond donors (Lipinski definition) is 1. The zero-order chi connectivity index (χ0) is 16.1. The van der Waals surface area contributed by atoms with Crippen LogP contribution in [-0.2, 0) is 6.42 Å². The minimum atomic E-state index is 0.145. The highest BCUT2D eigenvalue weighted by Gasteiger charge is 2.05. The Morgan fingerprint density at radius 3 is 2.43 bits per heavy atom. The molecular formula is C20H20N2O. The fraction of sp³-hybridized carbons (Fsp3) is 0.200. The minimum Gasteiger partial charge on any atom is -0.506 e. The standard InChI is InChI=1S/C20H20N2O/c1-2-3-6-15-9-12-17(13-10-15)21-22-20-18-8-5-4-7-16(18)11-14-19(20)23/h4-5,7-14,23H,2-3,6H2,1H3. The topological polar surface area (TPSA) is 45.0 Å². The van der Waals surface area contributed by atoms with Crippen molar-refractivity contribution < 1.29 is 5.11 Å². The van der Waals surface area contributed by atoms with Crippen LogP contribution in [0.1, 0.15) is 25.3 Å². The van der Waals surface area contributed by atoms with Gasteiger partial charge in [0.1, 0.15) is 11.4 Å². The first-order valence-electron chi connectivity index (χ1n) is 7.99. The predicted octanol–water partition coefficient (Wildman–Crippen LogP) is 6.30. The van der Waals surface area contributed by atoms with Crippen molar-refractivity contribution in [2.75, 3.05) is 0 Å². The van der Waals surface area contributed by atoms with Crippen LogP contribution in [0.2, 0.25) is 0 Å². The average molecular weight is 304 g/mol. The second kappa shape index (κ2) is 7.05. The lowest BCUT2D eigenvalue weighted by Crippen LogP contribution is -1.82. The molecule has 0 radical (unpaired) electrons. The molecule has 0 amide bonds. The Morgan fingerprint density at radius 2 is 1.65 bits per heavy atom. The van der Waals surface area contributed by atoms with Gasteiger partial charge in [0.2, 0.25) is 0 Å². The van der Waals surface area contributed by atoms with Crippen LogP contribution in [-0.4, -0.2) is 5.11 Å². The van der Waals surface area contributed by atoms with Gasteiger partial charge in [-0.1, -0.05) is 55.8 Å². The minimum absolute atomic E-state index is 0.145. The molecule has 0 fully saturated rings. The summed E-state index contributed by atoms with van der Waals surface area (Å²) in [6, 6.07) is 19.5. The number of phenols is 1. The van der Waals surface area contributed by atoms with Gasteiger partial charge in [-0.3, -0.25) is 0 Å². The van der Waals surface area contributed by atoms with Gasteiger partial charge in [0.05, 0.1) is 5.69 Å². The third-order valence-electron chi connectivity index (χ3n) is 3.90. The van der Waals surface area contributed by atoms with Gasteiger partial charge < -0.3 is 5.11 Å². The summed E-state index contributed by atoms with van der Waals surface area (Å²) >= 11 is 0. The summed E-state index contributed by atoms with van der Waals surface area (Å²) in [4.78, 5) is 0. The van der Waals surface area contributed by atoms with Gasteiger partial charge >= 0.3 is 0 Å². The van der Waals surface area contributed by atoms with Crippen LogP contribution in [0.15, 0.2) is 70.9 Å². The molecule has 0 aliphatic heterocycles. The first-order chi connectivity index (χ1) is 11.3. The molecular weight excluding hydrogens is 284 g/mol. The zero-order valence-electron chi connectivity index (χ0n) is 13.2. The summed E-state index contributed by atoms with van der Waals surface area (Å²) in [5.41, 5.74) is 2.62. The molecule has 0 aliphatic rings. The Balaban J connectivity index is 1.87. The van der Waals surface area contributed by atoms with Crippen molar-refractivity contribution >= 4 is 22.1 Å². The zero-order valence-corrected chi connectivity index (χ0v) is 13.2. The van der Waals surface area contributed by atoms with Gasteiger partial charge in [-0.15, -0.1) is 5.11 Å². The molecule has 3 nitrogen and oxygen atoms in total. The molecule has 0 atom stereocenters. The molecule has 0 aliphatic carbocycles. The molecule has 3 heteroatoms. The number of aryl methyl sites for hydroxylation is 1. The largest absolute Gasteiger partial charge is 0.506 e. The van der Waals surface area contributed by atoms with Crippen LogP contribution >= 0.6 is 0 Å². The van der Waals surface area contributed by atoms with Crippen molar-refractivity contribution in [2.24, 2.45) is 10.2 Å². The molecule has 0 aromatic heterocycles. The molecule has 0 heterocycles. The first-order valence-corrected chi connectivity index (χ1v) is 7.99. The summed E-state index contributed by atoms with van der Waals surface area (Å²) in [7, 11) is 0.